The summed E-state index contributed by atoms with van der Waals surface area (Å²) in [5.41, 5.74) is 1.12. The van der Waals surface area contributed by atoms with E-state index in [0.717, 1.165) is 18.4 Å². The third-order valence-electron chi connectivity index (χ3n) is 3.25. The van der Waals surface area contributed by atoms with Gasteiger partial charge in [-0.15, -0.1) is 0 Å². The molecule has 1 atom stereocenters. The summed E-state index contributed by atoms with van der Waals surface area (Å²) in [7, 11) is 1.87. The summed E-state index contributed by atoms with van der Waals surface area (Å²) >= 11 is 0. The molecule has 6 heteroatoms. The van der Waals surface area contributed by atoms with Gasteiger partial charge in [0.2, 0.25) is 11.8 Å². The van der Waals surface area contributed by atoms with Crippen LogP contribution in [-0.4, -0.2) is 45.6 Å². The first kappa shape index (κ1) is 13.7. The zero-order chi connectivity index (χ0) is 13.8. The highest BCUT2D eigenvalue weighted by Crippen LogP contribution is 2.13. The van der Waals surface area contributed by atoms with Gasteiger partial charge in [0.05, 0.1) is 18.7 Å². The first-order valence-corrected chi connectivity index (χ1v) is 6.67. The molecule has 19 heavy (non-hydrogen) atoms. The second-order valence-electron chi connectivity index (χ2n) is 4.87. The van der Waals surface area contributed by atoms with Crippen LogP contribution >= 0.6 is 0 Å². The third-order valence-corrected chi connectivity index (χ3v) is 3.25. The van der Waals surface area contributed by atoms with E-state index in [1.807, 2.05) is 26.4 Å². The maximum atomic E-state index is 12.0. The molecular weight excluding hydrogens is 244 g/mol. The Balaban J connectivity index is 1.80. The predicted octanol–water partition coefficient (Wildman–Crippen LogP) is 0.0897. The minimum atomic E-state index is -0.351. The Hall–Kier alpha value is -1.69. The molecule has 0 bridgehead atoms. The fourth-order valence-corrected chi connectivity index (χ4v) is 2.29. The maximum Gasteiger partial charge on any atom is 0.246 e. The molecule has 1 fully saturated rings. The third kappa shape index (κ3) is 3.20. The number of likely N-dealkylation sites (tertiary alicyclic amines) is 1. The van der Waals surface area contributed by atoms with Crippen LogP contribution in [0, 0.1) is 0 Å². The Labute approximate surface area is 112 Å². The summed E-state index contributed by atoms with van der Waals surface area (Å²) in [5, 5.41) is 7.25. The number of amides is 2. The van der Waals surface area contributed by atoms with Gasteiger partial charge in [-0.1, -0.05) is 6.92 Å². The highest BCUT2D eigenvalue weighted by molar-refractivity contribution is 6.05. The number of hydrogen-bond acceptors (Lipinski definition) is 4. The van der Waals surface area contributed by atoms with Crippen molar-refractivity contribution < 1.29 is 9.59 Å². The average molecular weight is 264 g/mol. The topological polar surface area (TPSA) is 67.2 Å². The van der Waals surface area contributed by atoms with E-state index < -0.39 is 0 Å². The first-order valence-electron chi connectivity index (χ1n) is 6.67. The van der Waals surface area contributed by atoms with Crippen LogP contribution in [0.4, 0.5) is 0 Å². The minimum absolute atomic E-state index is 0.0641. The number of imide groups is 1. The zero-order valence-corrected chi connectivity index (χ0v) is 11.4. The number of carbonyl (C=O) groups is 2. The second kappa shape index (κ2) is 5.97. The lowest BCUT2D eigenvalue weighted by molar-refractivity contribution is -0.138. The molecular formula is C13H20N4O2. The van der Waals surface area contributed by atoms with Crippen LogP contribution in [0.2, 0.25) is 0 Å². The number of carbonyl (C=O) groups excluding carboxylic acids is 2. The van der Waals surface area contributed by atoms with Crippen LogP contribution in [0.15, 0.2) is 12.4 Å². The molecule has 6 nitrogen and oxygen atoms in total. The van der Waals surface area contributed by atoms with Gasteiger partial charge in [-0.3, -0.25) is 19.2 Å². The standard InChI is InChI=1S/C13H20N4O2/c1-3-6-17-12(18)7-11(13(17)19)14-5-4-10-8-15-16(2)9-10/h8-9,11,14H,3-7H2,1-2H3. The van der Waals surface area contributed by atoms with Gasteiger partial charge < -0.3 is 5.32 Å². The van der Waals surface area contributed by atoms with E-state index in [9.17, 15) is 9.59 Å². The molecule has 2 amide bonds. The molecule has 1 aromatic heterocycles. The van der Waals surface area contributed by atoms with Gasteiger partial charge in [-0.2, -0.15) is 5.10 Å². The molecule has 0 saturated carbocycles. The van der Waals surface area contributed by atoms with Crippen molar-refractivity contribution in [1.82, 2.24) is 20.0 Å². The first-order chi connectivity index (χ1) is 9.11. The molecule has 1 aliphatic heterocycles. The molecule has 0 aliphatic carbocycles. The summed E-state index contributed by atoms with van der Waals surface area (Å²) in [6.45, 7) is 3.16. The molecule has 1 saturated heterocycles. The normalized spacial score (nSPS) is 19.5. The molecule has 1 aromatic rings. The van der Waals surface area contributed by atoms with Gasteiger partial charge >= 0.3 is 0 Å². The van der Waals surface area contributed by atoms with E-state index in [0.29, 0.717) is 13.1 Å². The molecule has 1 aliphatic rings. The van der Waals surface area contributed by atoms with Crippen LogP contribution in [0.5, 0.6) is 0 Å². The molecule has 0 radical (unpaired) electrons. The molecule has 0 aromatic carbocycles. The highest BCUT2D eigenvalue weighted by atomic mass is 16.2. The van der Waals surface area contributed by atoms with Gasteiger partial charge in [0.25, 0.3) is 0 Å². The molecule has 0 spiro atoms. The summed E-state index contributed by atoms with van der Waals surface area (Å²) < 4.78 is 1.75. The van der Waals surface area contributed by atoms with E-state index in [1.54, 1.807) is 4.68 Å². The lowest BCUT2D eigenvalue weighted by atomic mass is 10.2. The molecule has 104 valence electrons. The van der Waals surface area contributed by atoms with Crippen LogP contribution in [-0.2, 0) is 23.1 Å². The Morgan fingerprint density at radius 1 is 1.47 bits per heavy atom. The number of aryl methyl sites for hydroxylation is 1. The van der Waals surface area contributed by atoms with Crippen LogP contribution in [0.25, 0.3) is 0 Å². The van der Waals surface area contributed by atoms with Crippen LogP contribution in [0.3, 0.4) is 0 Å². The predicted molar refractivity (Wildman–Crippen MR) is 70.3 cm³/mol. The smallest absolute Gasteiger partial charge is 0.246 e. The largest absolute Gasteiger partial charge is 0.305 e. The van der Waals surface area contributed by atoms with E-state index in [1.165, 1.54) is 4.90 Å². The van der Waals surface area contributed by atoms with Gasteiger partial charge in [-0.25, -0.2) is 0 Å². The average Bonchev–Trinajstić information content (AvgIpc) is 2.89. The van der Waals surface area contributed by atoms with Crippen molar-refractivity contribution in [3.63, 3.8) is 0 Å². The summed E-state index contributed by atoms with van der Waals surface area (Å²) in [6.07, 6.45) is 5.66. The van der Waals surface area contributed by atoms with Crippen molar-refractivity contribution in [2.45, 2.75) is 32.2 Å². The van der Waals surface area contributed by atoms with Crippen molar-refractivity contribution in [2.24, 2.45) is 7.05 Å². The van der Waals surface area contributed by atoms with E-state index in [2.05, 4.69) is 10.4 Å². The molecule has 2 heterocycles. The van der Waals surface area contributed by atoms with Gasteiger partial charge in [0.1, 0.15) is 0 Å². The number of rotatable bonds is 6. The van der Waals surface area contributed by atoms with Crippen molar-refractivity contribution in [2.75, 3.05) is 13.1 Å². The number of aromatic nitrogens is 2. The van der Waals surface area contributed by atoms with Gasteiger partial charge in [0, 0.05) is 26.3 Å². The fourth-order valence-electron chi connectivity index (χ4n) is 2.29. The molecule has 2 rings (SSSR count). The summed E-state index contributed by atoms with van der Waals surface area (Å²) in [5.74, 6) is -0.149. The maximum absolute atomic E-state index is 12.0. The van der Waals surface area contributed by atoms with E-state index in [-0.39, 0.29) is 24.3 Å². The fraction of sp³-hybridized carbons (Fsp3) is 0.615. The summed E-state index contributed by atoms with van der Waals surface area (Å²) in [4.78, 5) is 25.0. The minimum Gasteiger partial charge on any atom is -0.305 e. The van der Waals surface area contributed by atoms with Crippen molar-refractivity contribution in [3.8, 4) is 0 Å². The van der Waals surface area contributed by atoms with Crippen LogP contribution < -0.4 is 5.32 Å². The monoisotopic (exact) mass is 264 g/mol. The van der Waals surface area contributed by atoms with Crippen molar-refractivity contribution in [1.29, 1.82) is 0 Å². The van der Waals surface area contributed by atoms with Crippen LogP contribution in [0.1, 0.15) is 25.3 Å². The van der Waals surface area contributed by atoms with E-state index in [4.69, 9.17) is 0 Å². The number of hydrogen-bond donors (Lipinski definition) is 1. The zero-order valence-electron chi connectivity index (χ0n) is 11.4. The highest BCUT2D eigenvalue weighted by Gasteiger charge is 2.37. The summed E-state index contributed by atoms with van der Waals surface area (Å²) in [6, 6.07) is -0.351. The Kier molecular flexibility index (Phi) is 4.31. The Morgan fingerprint density at radius 3 is 2.89 bits per heavy atom. The quantitative estimate of drug-likeness (QED) is 0.739. The van der Waals surface area contributed by atoms with Gasteiger partial charge in [0.15, 0.2) is 0 Å². The van der Waals surface area contributed by atoms with Gasteiger partial charge in [-0.05, 0) is 18.4 Å². The Bertz CT molecular complexity index is 469. The van der Waals surface area contributed by atoms with Crippen molar-refractivity contribution >= 4 is 11.8 Å². The van der Waals surface area contributed by atoms with E-state index >= 15 is 0 Å². The number of nitrogens with zero attached hydrogens (tertiary/aromatic N) is 3. The molecule has 1 unspecified atom stereocenters. The van der Waals surface area contributed by atoms with Crippen molar-refractivity contribution in [3.05, 3.63) is 18.0 Å². The molecule has 1 N–H and O–H groups in total. The lowest BCUT2D eigenvalue weighted by Crippen LogP contribution is -2.39. The SMILES string of the molecule is CCCN1C(=O)CC(NCCc2cnn(C)c2)C1=O. The Morgan fingerprint density at radius 2 is 2.26 bits per heavy atom. The number of nitrogens with one attached hydrogen (secondary N) is 1. The second-order valence-corrected chi connectivity index (χ2v) is 4.87. The lowest BCUT2D eigenvalue weighted by Gasteiger charge is -2.14.